The fraction of sp³-hybridized carbons (Fsp3) is 0.125. The van der Waals surface area contributed by atoms with Gasteiger partial charge in [0.05, 0.1) is 24.3 Å². The lowest BCUT2D eigenvalue weighted by Crippen LogP contribution is -2.11. The lowest BCUT2D eigenvalue weighted by molar-refractivity contribution is 0.0723. The van der Waals surface area contributed by atoms with Crippen molar-refractivity contribution in [1.29, 1.82) is 0 Å². The molecule has 0 N–H and O–H groups in total. The third-order valence-corrected chi connectivity index (χ3v) is 12.0. The van der Waals surface area contributed by atoms with E-state index in [4.69, 9.17) is 18.9 Å². The Morgan fingerprint density at radius 3 is 1.17 bits per heavy atom. The van der Waals surface area contributed by atoms with Gasteiger partial charge in [0.25, 0.3) is 0 Å². The molecule has 0 aliphatic heterocycles. The van der Waals surface area contributed by atoms with Crippen molar-refractivity contribution >= 4 is 57.2 Å². The molecule has 0 saturated heterocycles. The molecule has 0 radical (unpaired) electrons. The molecule has 8 rings (SSSR count). The number of ether oxygens (including phenoxy) is 4. The molecule has 8 aromatic rings. The Morgan fingerprint density at radius 1 is 0.403 bits per heavy atom. The second-order valence-electron chi connectivity index (χ2n) is 17.1. The molecule has 0 amide bonds. The molecule has 8 heteroatoms. The molecule has 0 aliphatic carbocycles. The second kappa shape index (κ2) is 24.6. The summed E-state index contributed by atoms with van der Waals surface area (Å²) in [5.74, 6) is 0.460. The number of hydrogen-bond acceptors (Lipinski definition) is 8. The Bertz CT molecular complexity index is 3050. The quantitative estimate of drug-likeness (QED) is 0.0156. The maximum atomic E-state index is 14.0. The summed E-state index contributed by atoms with van der Waals surface area (Å²) >= 11 is 0. The van der Waals surface area contributed by atoms with Crippen molar-refractivity contribution < 1.29 is 38.1 Å². The monoisotopic (exact) mass is 950 g/mol. The van der Waals surface area contributed by atoms with Crippen molar-refractivity contribution in [2.75, 3.05) is 13.2 Å². The highest BCUT2D eigenvalue weighted by Crippen LogP contribution is 2.46. The molecule has 72 heavy (non-hydrogen) atoms. The normalized spacial score (nSPS) is 11.2. The zero-order valence-electron chi connectivity index (χ0n) is 40.0. The van der Waals surface area contributed by atoms with Gasteiger partial charge in [-0.2, -0.15) is 0 Å². The smallest absolute Gasteiger partial charge is 0.343 e. The highest BCUT2D eigenvalue weighted by molar-refractivity contribution is 6.12. The second-order valence-corrected chi connectivity index (χ2v) is 17.1. The number of esters is 2. The average Bonchev–Trinajstić information content (AvgIpc) is 3.42. The first-order chi connectivity index (χ1) is 35.3. The van der Waals surface area contributed by atoms with E-state index in [2.05, 4.69) is 13.2 Å². The molecular weight excluding hydrogens is 897 g/mol. The van der Waals surface area contributed by atoms with Gasteiger partial charge in [-0.15, -0.1) is 13.2 Å². The predicted molar refractivity (Wildman–Crippen MR) is 288 cm³/mol. The third-order valence-electron chi connectivity index (χ3n) is 12.0. The predicted octanol–water partition coefficient (Wildman–Crippen LogP) is 15.4. The van der Waals surface area contributed by atoms with Crippen LogP contribution >= 0.6 is 0 Å². The summed E-state index contributed by atoms with van der Waals surface area (Å²) in [6.45, 7) is 8.70. The molecule has 8 aromatic carbocycles. The SMILES string of the molecule is C=CCCCCOc1ccc(C(=O)/C=C\c2ccc(C(=O)Oc3ccc4ccccc4c3-c3c(OC(=O)c4ccc(/C=C/C(=O)c5ccc(OCCCCC=C)cc5)cc4)ccc4ccccc34)cc2)cc1. The van der Waals surface area contributed by atoms with Crippen LogP contribution < -0.4 is 18.9 Å². The van der Waals surface area contributed by atoms with Gasteiger partial charge in [-0.25, -0.2) is 9.59 Å². The summed E-state index contributed by atoms with van der Waals surface area (Å²) in [6, 6.07) is 50.6. The van der Waals surface area contributed by atoms with Gasteiger partial charge in [0.1, 0.15) is 23.0 Å². The summed E-state index contributed by atoms with van der Waals surface area (Å²) in [4.78, 5) is 53.9. The third kappa shape index (κ3) is 12.8. The summed E-state index contributed by atoms with van der Waals surface area (Å²) < 4.78 is 24.1. The number of fused-ring (bicyclic) bond motifs is 2. The standard InChI is InChI=1S/C64H54O8/c1-3-5-7-13-43-69-53-35-29-49(30-36-53)57(65)39-23-45-19-25-51(26-20-45)63(67)71-59-41-33-47-15-9-11-17-55(47)61(59)62-56-18-12-10-16-48(56)34-42-60(62)72-64(68)52-27-21-46(22-28-52)24-40-58(66)50-31-37-54(38-32-50)70-44-14-8-6-4-2/h3-4,9-12,15-42H,1-2,5-8,13-14,43-44H2/b39-23-,40-24+. The Hall–Kier alpha value is -8.88. The van der Waals surface area contributed by atoms with Crippen molar-refractivity contribution in [3.05, 3.63) is 241 Å². The number of unbranched alkanes of at least 4 members (excludes halogenated alkanes) is 4. The number of carbonyl (C=O) groups is 4. The molecule has 0 fully saturated rings. The fourth-order valence-corrected chi connectivity index (χ4v) is 8.10. The number of ketones is 2. The largest absolute Gasteiger partial charge is 0.494 e. The van der Waals surface area contributed by atoms with E-state index >= 15 is 0 Å². The minimum absolute atomic E-state index is 0.162. The van der Waals surface area contributed by atoms with Crippen LogP contribution in [-0.4, -0.2) is 36.7 Å². The molecule has 0 saturated carbocycles. The van der Waals surface area contributed by atoms with Crippen LogP contribution in [0.4, 0.5) is 0 Å². The van der Waals surface area contributed by atoms with Gasteiger partial charge in [-0.3, -0.25) is 9.59 Å². The van der Waals surface area contributed by atoms with Crippen LogP contribution in [0.2, 0.25) is 0 Å². The fourth-order valence-electron chi connectivity index (χ4n) is 8.10. The number of rotatable bonds is 23. The minimum atomic E-state index is -0.593. The molecule has 0 bridgehead atoms. The van der Waals surface area contributed by atoms with Crippen molar-refractivity contribution in [2.45, 2.75) is 38.5 Å². The first-order valence-corrected chi connectivity index (χ1v) is 24.1. The van der Waals surface area contributed by atoms with E-state index in [1.54, 1.807) is 121 Å². The summed E-state index contributed by atoms with van der Waals surface area (Å²) in [6.07, 6.45) is 16.0. The zero-order chi connectivity index (χ0) is 50.1. The first kappa shape index (κ1) is 49.5. The van der Waals surface area contributed by atoms with E-state index in [-0.39, 0.29) is 23.1 Å². The number of hydrogen-bond donors (Lipinski definition) is 0. The van der Waals surface area contributed by atoms with Gasteiger partial charge in [0.2, 0.25) is 0 Å². The van der Waals surface area contributed by atoms with E-state index in [1.165, 1.54) is 12.2 Å². The molecule has 0 heterocycles. The van der Waals surface area contributed by atoms with Crippen LogP contribution in [0.3, 0.4) is 0 Å². The molecular formula is C64H54O8. The van der Waals surface area contributed by atoms with E-state index < -0.39 is 11.9 Å². The van der Waals surface area contributed by atoms with Crippen molar-refractivity contribution in [3.8, 4) is 34.1 Å². The van der Waals surface area contributed by atoms with Crippen LogP contribution in [0.5, 0.6) is 23.0 Å². The van der Waals surface area contributed by atoms with E-state index in [1.807, 2.05) is 72.8 Å². The first-order valence-electron chi connectivity index (χ1n) is 24.1. The minimum Gasteiger partial charge on any atom is -0.494 e. The van der Waals surface area contributed by atoms with Gasteiger partial charge < -0.3 is 18.9 Å². The van der Waals surface area contributed by atoms with Gasteiger partial charge in [-0.05, 0) is 168 Å². The van der Waals surface area contributed by atoms with Crippen molar-refractivity contribution in [2.24, 2.45) is 0 Å². The van der Waals surface area contributed by atoms with E-state index in [0.29, 0.717) is 58.1 Å². The number of allylic oxidation sites excluding steroid dienone is 4. The van der Waals surface area contributed by atoms with Crippen LogP contribution in [0, 0.1) is 0 Å². The maximum Gasteiger partial charge on any atom is 0.343 e. The molecule has 0 spiro atoms. The zero-order valence-corrected chi connectivity index (χ0v) is 40.0. The highest BCUT2D eigenvalue weighted by Gasteiger charge is 2.23. The van der Waals surface area contributed by atoms with Gasteiger partial charge in [0.15, 0.2) is 11.6 Å². The molecule has 358 valence electrons. The van der Waals surface area contributed by atoms with Gasteiger partial charge in [-0.1, -0.05) is 109 Å². The Labute approximate surface area is 420 Å². The molecule has 0 atom stereocenters. The Balaban J connectivity index is 0.973. The van der Waals surface area contributed by atoms with Gasteiger partial charge in [0, 0.05) is 22.3 Å². The van der Waals surface area contributed by atoms with E-state index in [0.717, 1.165) is 71.2 Å². The maximum absolute atomic E-state index is 14.0. The van der Waals surface area contributed by atoms with Crippen LogP contribution in [-0.2, 0) is 0 Å². The van der Waals surface area contributed by atoms with Gasteiger partial charge >= 0.3 is 11.9 Å². The molecule has 0 unspecified atom stereocenters. The number of carbonyl (C=O) groups excluding carboxylic acids is 4. The van der Waals surface area contributed by atoms with Crippen molar-refractivity contribution in [3.63, 3.8) is 0 Å². The average molecular weight is 951 g/mol. The van der Waals surface area contributed by atoms with Crippen LogP contribution in [0.1, 0.15) is 91.1 Å². The topological polar surface area (TPSA) is 105 Å². The van der Waals surface area contributed by atoms with Crippen molar-refractivity contribution in [1.82, 2.24) is 0 Å². The lowest BCUT2D eigenvalue weighted by Gasteiger charge is -2.19. The van der Waals surface area contributed by atoms with Crippen LogP contribution in [0.15, 0.2) is 207 Å². The molecule has 0 aromatic heterocycles. The summed E-state index contributed by atoms with van der Waals surface area (Å²) in [5, 5.41) is 3.35. The van der Waals surface area contributed by atoms with Crippen LogP contribution in [0.25, 0.3) is 44.8 Å². The lowest BCUT2D eigenvalue weighted by atomic mass is 9.92. The van der Waals surface area contributed by atoms with E-state index in [9.17, 15) is 19.2 Å². The summed E-state index contributed by atoms with van der Waals surface area (Å²) in [5.41, 5.74) is 4.27. The highest BCUT2D eigenvalue weighted by atomic mass is 16.5. The Kier molecular flexibility index (Phi) is 16.9. The molecule has 0 aliphatic rings. The Morgan fingerprint density at radius 2 is 0.778 bits per heavy atom. The number of benzene rings is 8. The summed E-state index contributed by atoms with van der Waals surface area (Å²) in [7, 11) is 0. The molecule has 8 nitrogen and oxygen atoms in total.